The largest absolute Gasteiger partial charge is 0.350 e. The first-order valence-electron chi connectivity index (χ1n) is 10.1. The molecule has 1 atom stereocenters. The third-order valence-electron chi connectivity index (χ3n) is 5.45. The minimum Gasteiger partial charge on any atom is -0.350 e. The number of thioether (sulfide) groups is 1. The SMILES string of the molecule is CCN1CCC[C@H]1CNC(=O)c1ccc(/C=C2/Sc3ccccc3NC2=O)cc1. The summed E-state index contributed by atoms with van der Waals surface area (Å²) < 4.78 is 0. The number of anilines is 1. The lowest BCUT2D eigenvalue weighted by Gasteiger charge is -2.22. The number of benzene rings is 2. The van der Waals surface area contributed by atoms with E-state index >= 15 is 0 Å². The maximum absolute atomic E-state index is 12.5. The van der Waals surface area contributed by atoms with E-state index in [1.165, 1.54) is 18.2 Å². The number of carbonyl (C=O) groups excluding carboxylic acids is 2. The van der Waals surface area contributed by atoms with Crippen LogP contribution in [0.1, 0.15) is 35.7 Å². The van der Waals surface area contributed by atoms with E-state index in [-0.39, 0.29) is 11.8 Å². The van der Waals surface area contributed by atoms with Gasteiger partial charge in [0.25, 0.3) is 11.8 Å². The molecule has 0 bridgehead atoms. The maximum Gasteiger partial charge on any atom is 0.262 e. The molecule has 1 fully saturated rings. The number of hydrogen-bond acceptors (Lipinski definition) is 4. The van der Waals surface area contributed by atoms with Crippen LogP contribution in [-0.2, 0) is 4.79 Å². The summed E-state index contributed by atoms with van der Waals surface area (Å²) in [4.78, 5) is 28.9. The topological polar surface area (TPSA) is 61.4 Å². The number of para-hydroxylation sites is 1. The molecule has 2 aliphatic rings. The van der Waals surface area contributed by atoms with E-state index in [4.69, 9.17) is 0 Å². The van der Waals surface area contributed by atoms with Gasteiger partial charge in [-0.2, -0.15) is 0 Å². The van der Waals surface area contributed by atoms with Gasteiger partial charge >= 0.3 is 0 Å². The van der Waals surface area contributed by atoms with Gasteiger partial charge in [-0.25, -0.2) is 0 Å². The summed E-state index contributed by atoms with van der Waals surface area (Å²) in [5.74, 6) is -0.154. The van der Waals surface area contributed by atoms with Crippen LogP contribution in [0.15, 0.2) is 58.3 Å². The first-order chi connectivity index (χ1) is 14.1. The molecule has 5 nitrogen and oxygen atoms in total. The summed E-state index contributed by atoms with van der Waals surface area (Å²) in [6.45, 7) is 5.00. The molecule has 4 rings (SSSR count). The van der Waals surface area contributed by atoms with Crippen LogP contribution >= 0.6 is 11.8 Å². The van der Waals surface area contributed by atoms with E-state index < -0.39 is 0 Å². The zero-order chi connectivity index (χ0) is 20.2. The number of fused-ring (bicyclic) bond motifs is 1. The summed E-state index contributed by atoms with van der Waals surface area (Å²) in [5, 5.41) is 5.98. The summed E-state index contributed by atoms with van der Waals surface area (Å²) >= 11 is 1.46. The molecule has 0 aromatic heterocycles. The first kappa shape index (κ1) is 19.7. The Morgan fingerprint density at radius 2 is 2.03 bits per heavy atom. The molecule has 2 aromatic carbocycles. The van der Waals surface area contributed by atoms with Crippen LogP contribution < -0.4 is 10.6 Å². The van der Waals surface area contributed by atoms with E-state index in [9.17, 15) is 9.59 Å². The minimum atomic E-state index is -0.104. The molecule has 0 spiro atoms. The molecule has 0 saturated carbocycles. The lowest BCUT2D eigenvalue weighted by Crippen LogP contribution is -2.40. The Morgan fingerprint density at radius 3 is 2.83 bits per heavy atom. The number of hydrogen-bond donors (Lipinski definition) is 2. The molecular weight excluding hydrogens is 382 g/mol. The third-order valence-corrected chi connectivity index (χ3v) is 6.55. The Bertz CT molecular complexity index is 939. The summed E-state index contributed by atoms with van der Waals surface area (Å²) in [6.07, 6.45) is 4.20. The van der Waals surface area contributed by atoms with Gasteiger partial charge in [0.05, 0.1) is 10.6 Å². The Balaban J connectivity index is 1.39. The quantitative estimate of drug-likeness (QED) is 0.736. The van der Waals surface area contributed by atoms with Crippen LogP contribution in [0.2, 0.25) is 0 Å². The van der Waals surface area contributed by atoms with Crippen molar-refractivity contribution in [1.82, 2.24) is 10.2 Å². The number of amides is 2. The molecule has 6 heteroatoms. The number of nitrogens with zero attached hydrogens (tertiary/aromatic N) is 1. The standard InChI is InChI=1S/C23H25N3O2S/c1-2-26-13-5-6-18(26)15-24-22(27)17-11-9-16(10-12-17)14-21-23(28)25-19-7-3-4-8-20(19)29-21/h3-4,7-12,14,18H,2,5-6,13,15H2,1H3,(H,24,27)(H,25,28)/b21-14+/t18-/m0/s1. The molecule has 0 aliphatic carbocycles. The lowest BCUT2D eigenvalue weighted by atomic mass is 10.1. The molecule has 2 aliphatic heterocycles. The highest BCUT2D eigenvalue weighted by atomic mass is 32.2. The van der Waals surface area contributed by atoms with Crippen molar-refractivity contribution in [2.24, 2.45) is 0 Å². The zero-order valence-electron chi connectivity index (χ0n) is 16.5. The molecule has 1 saturated heterocycles. The van der Waals surface area contributed by atoms with Crippen molar-refractivity contribution >= 4 is 35.3 Å². The van der Waals surface area contributed by atoms with Gasteiger partial charge < -0.3 is 10.6 Å². The fraction of sp³-hybridized carbons (Fsp3) is 0.304. The van der Waals surface area contributed by atoms with Gasteiger partial charge in [0.1, 0.15) is 0 Å². The van der Waals surface area contributed by atoms with Crippen molar-refractivity contribution in [3.8, 4) is 0 Å². The highest BCUT2D eigenvalue weighted by Crippen LogP contribution is 2.38. The van der Waals surface area contributed by atoms with E-state index in [1.54, 1.807) is 0 Å². The molecule has 2 N–H and O–H groups in total. The monoisotopic (exact) mass is 407 g/mol. The van der Waals surface area contributed by atoms with Crippen LogP contribution in [-0.4, -0.2) is 42.4 Å². The first-order valence-corrected chi connectivity index (χ1v) is 10.9. The maximum atomic E-state index is 12.5. The predicted octanol–water partition coefficient (Wildman–Crippen LogP) is 3.99. The van der Waals surface area contributed by atoms with Gasteiger partial charge in [-0.1, -0.05) is 43.0 Å². The summed E-state index contributed by atoms with van der Waals surface area (Å²) in [5.41, 5.74) is 2.38. The lowest BCUT2D eigenvalue weighted by molar-refractivity contribution is -0.112. The van der Waals surface area contributed by atoms with Gasteiger partial charge in [-0.05, 0) is 61.8 Å². The van der Waals surface area contributed by atoms with Gasteiger partial charge in [0, 0.05) is 23.0 Å². The minimum absolute atomic E-state index is 0.0501. The number of likely N-dealkylation sites (N-methyl/N-ethyl adjacent to an activating group) is 1. The average Bonchev–Trinajstić information content (AvgIpc) is 3.20. The van der Waals surface area contributed by atoms with Gasteiger partial charge in [0.15, 0.2) is 0 Å². The normalized spacial score (nSPS) is 20.4. The zero-order valence-corrected chi connectivity index (χ0v) is 17.3. The second-order valence-electron chi connectivity index (χ2n) is 7.32. The predicted molar refractivity (Wildman–Crippen MR) is 118 cm³/mol. The van der Waals surface area contributed by atoms with Crippen LogP contribution in [0.4, 0.5) is 5.69 Å². The smallest absolute Gasteiger partial charge is 0.262 e. The highest BCUT2D eigenvalue weighted by Gasteiger charge is 2.23. The van der Waals surface area contributed by atoms with Crippen molar-refractivity contribution in [3.05, 3.63) is 64.6 Å². The van der Waals surface area contributed by atoms with Crippen LogP contribution in [0.25, 0.3) is 6.08 Å². The van der Waals surface area contributed by atoms with Crippen molar-refractivity contribution in [2.45, 2.75) is 30.7 Å². The number of nitrogens with one attached hydrogen (secondary N) is 2. The van der Waals surface area contributed by atoms with E-state index in [0.717, 1.165) is 35.7 Å². The van der Waals surface area contributed by atoms with Crippen molar-refractivity contribution < 1.29 is 9.59 Å². The van der Waals surface area contributed by atoms with Gasteiger partial charge in [-0.3, -0.25) is 14.5 Å². The summed E-state index contributed by atoms with van der Waals surface area (Å²) in [6, 6.07) is 15.6. The Kier molecular flexibility index (Phi) is 6.02. The van der Waals surface area contributed by atoms with Gasteiger partial charge in [0.2, 0.25) is 0 Å². The van der Waals surface area contributed by atoms with Crippen LogP contribution in [0.3, 0.4) is 0 Å². The third kappa shape index (κ3) is 4.54. The molecule has 150 valence electrons. The van der Waals surface area contributed by atoms with Crippen LogP contribution in [0, 0.1) is 0 Å². The average molecular weight is 408 g/mol. The second kappa shape index (κ2) is 8.84. The fourth-order valence-electron chi connectivity index (χ4n) is 3.84. The van der Waals surface area contributed by atoms with E-state index in [1.807, 2.05) is 54.6 Å². The fourth-order valence-corrected chi connectivity index (χ4v) is 4.79. The molecule has 0 radical (unpaired) electrons. The highest BCUT2D eigenvalue weighted by molar-refractivity contribution is 8.04. The van der Waals surface area contributed by atoms with Crippen molar-refractivity contribution in [2.75, 3.05) is 25.0 Å². The Morgan fingerprint density at radius 1 is 1.24 bits per heavy atom. The number of likely N-dealkylation sites (tertiary alicyclic amines) is 1. The second-order valence-corrected chi connectivity index (χ2v) is 8.40. The number of rotatable bonds is 5. The van der Waals surface area contributed by atoms with E-state index in [0.29, 0.717) is 23.1 Å². The molecule has 29 heavy (non-hydrogen) atoms. The van der Waals surface area contributed by atoms with Gasteiger partial charge in [-0.15, -0.1) is 0 Å². The van der Waals surface area contributed by atoms with Crippen molar-refractivity contribution in [3.63, 3.8) is 0 Å². The molecule has 0 unspecified atom stereocenters. The Labute approximate surface area is 175 Å². The summed E-state index contributed by atoms with van der Waals surface area (Å²) in [7, 11) is 0. The molecule has 2 aromatic rings. The number of carbonyl (C=O) groups is 2. The van der Waals surface area contributed by atoms with E-state index in [2.05, 4.69) is 22.5 Å². The molecular formula is C23H25N3O2S. The molecule has 2 heterocycles. The Hall–Kier alpha value is -2.57. The van der Waals surface area contributed by atoms with Crippen LogP contribution in [0.5, 0.6) is 0 Å². The molecule has 2 amide bonds. The van der Waals surface area contributed by atoms with Crippen molar-refractivity contribution in [1.29, 1.82) is 0 Å².